The SMILES string of the molecule is CC/C=C\C(C#Cc1ccc2c(=O)n3c(nc2c1)CC(CF)C3)=NC. The van der Waals surface area contributed by atoms with Gasteiger partial charge in [-0.25, -0.2) is 4.98 Å². The van der Waals surface area contributed by atoms with Crippen LogP contribution in [0, 0.1) is 17.8 Å². The molecule has 5 heteroatoms. The highest BCUT2D eigenvalue weighted by Crippen LogP contribution is 2.20. The number of hydrogen-bond donors (Lipinski definition) is 0. The lowest BCUT2D eigenvalue weighted by molar-refractivity contribution is 0.355. The quantitative estimate of drug-likeness (QED) is 0.639. The monoisotopic (exact) mass is 337 g/mol. The Hall–Kier alpha value is -2.74. The van der Waals surface area contributed by atoms with Crippen LogP contribution in [-0.4, -0.2) is 29.0 Å². The van der Waals surface area contributed by atoms with Crippen molar-refractivity contribution in [3.05, 3.63) is 52.1 Å². The van der Waals surface area contributed by atoms with Gasteiger partial charge < -0.3 is 0 Å². The number of benzene rings is 1. The highest BCUT2D eigenvalue weighted by atomic mass is 19.1. The Bertz CT molecular complexity index is 976. The smallest absolute Gasteiger partial charge is 0.261 e. The molecule has 1 aromatic heterocycles. The van der Waals surface area contributed by atoms with Crippen molar-refractivity contribution in [2.75, 3.05) is 13.7 Å². The van der Waals surface area contributed by atoms with Gasteiger partial charge in [-0.1, -0.05) is 18.9 Å². The Morgan fingerprint density at radius 2 is 2.36 bits per heavy atom. The van der Waals surface area contributed by atoms with E-state index in [0.29, 0.717) is 35.4 Å². The molecular weight excluding hydrogens is 317 g/mol. The van der Waals surface area contributed by atoms with Crippen LogP contribution in [0.4, 0.5) is 4.39 Å². The molecule has 0 radical (unpaired) electrons. The molecule has 2 heterocycles. The van der Waals surface area contributed by atoms with Crippen molar-refractivity contribution in [1.82, 2.24) is 9.55 Å². The molecule has 0 spiro atoms. The Morgan fingerprint density at radius 1 is 1.52 bits per heavy atom. The number of aliphatic imine (C=N–C) groups is 1. The molecule has 1 atom stereocenters. The molecule has 0 saturated heterocycles. The molecular formula is C20H20FN3O. The minimum Gasteiger partial charge on any atom is -0.296 e. The second-order valence-electron chi connectivity index (χ2n) is 6.07. The van der Waals surface area contributed by atoms with Crippen LogP contribution in [0.15, 0.2) is 40.1 Å². The van der Waals surface area contributed by atoms with E-state index in [0.717, 1.165) is 12.0 Å². The van der Waals surface area contributed by atoms with E-state index in [1.807, 2.05) is 24.3 Å². The molecule has 4 nitrogen and oxygen atoms in total. The summed E-state index contributed by atoms with van der Waals surface area (Å²) in [4.78, 5) is 21.3. The van der Waals surface area contributed by atoms with Crippen LogP contribution in [0.5, 0.6) is 0 Å². The second-order valence-corrected chi connectivity index (χ2v) is 6.07. The number of aromatic nitrogens is 2. The van der Waals surface area contributed by atoms with Crippen LogP contribution in [0.1, 0.15) is 24.7 Å². The fraction of sp³-hybridized carbons (Fsp3) is 0.350. The minimum absolute atomic E-state index is 0.0999. The van der Waals surface area contributed by atoms with Crippen molar-refractivity contribution in [2.24, 2.45) is 10.9 Å². The highest BCUT2D eigenvalue weighted by molar-refractivity contribution is 6.09. The van der Waals surface area contributed by atoms with E-state index in [1.54, 1.807) is 17.7 Å². The topological polar surface area (TPSA) is 47.2 Å². The fourth-order valence-corrected chi connectivity index (χ4v) is 2.91. The molecule has 1 aliphatic heterocycles. The summed E-state index contributed by atoms with van der Waals surface area (Å²) in [5, 5.41) is 0.545. The Kier molecular flexibility index (Phi) is 5.08. The first kappa shape index (κ1) is 17.1. The summed E-state index contributed by atoms with van der Waals surface area (Å²) in [6.45, 7) is 2.03. The van der Waals surface area contributed by atoms with Gasteiger partial charge in [0.15, 0.2) is 0 Å². The molecule has 0 bridgehead atoms. The number of halogens is 1. The zero-order valence-electron chi connectivity index (χ0n) is 14.4. The number of hydrogen-bond acceptors (Lipinski definition) is 3. The second kappa shape index (κ2) is 7.43. The lowest BCUT2D eigenvalue weighted by Crippen LogP contribution is -2.21. The van der Waals surface area contributed by atoms with Crippen molar-refractivity contribution in [2.45, 2.75) is 26.3 Å². The predicted octanol–water partition coefficient (Wildman–Crippen LogP) is 2.93. The molecule has 128 valence electrons. The molecule has 1 aromatic carbocycles. The largest absolute Gasteiger partial charge is 0.296 e. The first-order valence-corrected chi connectivity index (χ1v) is 8.41. The van der Waals surface area contributed by atoms with E-state index in [1.165, 1.54) is 0 Å². The van der Waals surface area contributed by atoms with Gasteiger partial charge in [0.2, 0.25) is 0 Å². The lowest BCUT2D eigenvalue weighted by Gasteiger charge is -2.05. The maximum atomic E-state index is 12.9. The van der Waals surface area contributed by atoms with Gasteiger partial charge in [0.25, 0.3) is 5.56 Å². The molecule has 0 saturated carbocycles. The molecule has 1 aliphatic rings. The van der Waals surface area contributed by atoms with Crippen molar-refractivity contribution in [3.8, 4) is 11.8 Å². The number of rotatable bonds is 3. The zero-order valence-corrected chi connectivity index (χ0v) is 14.4. The number of fused-ring (bicyclic) bond motifs is 2. The molecule has 3 rings (SSSR count). The number of allylic oxidation sites excluding steroid dienone is 2. The zero-order chi connectivity index (χ0) is 17.8. The van der Waals surface area contributed by atoms with Gasteiger partial charge in [-0.3, -0.25) is 18.7 Å². The summed E-state index contributed by atoms with van der Waals surface area (Å²) in [7, 11) is 1.71. The van der Waals surface area contributed by atoms with E-state index < -0.39 is 6.67 Å². The van der Waals surface area contributed by atoms with Gasteiger partial charge in [-0.05, 0) is 36.6 Å². The molecule has 0 N–H and O–H groups in total. The summed E-state index contributed by atoms with van der Waals surface area (Å²) < 4.78 is 14.5. The van der Waals surface area contributed by atoms with Crippen LogP contribution >= 0.6 is 0 Å². The van der Waals surface area contributed by atoms with Gasteiger partial charge in [0, 0.05) is 31.5 Å². The van der Waals surface area contributed by atoms with Crippen LogP contribution in [-0.2, 0) is 13.0 Å². The third-order valence-corrected chi connectivity index (χ3v) is 4.25. The van der Waals surface area contributed by atoms with E-state index in [4.69, 9.17) is 0 Å². The minimum atomic E-state index is -0.430. The van der Waals surface area contributed by atoms with Crippen LogP contribution in [0.3, 0.4) is 0 Å². The number of nitrogens with zero attached hydrogens (tertiary/aromatic N) is 3. The average Bonchev–Trinajstić information content (AvgIpc) is 3.05. The van der Waals surface area contributed by atoms with Crippen LogP contribution in [0.2, 0.25) is 0 Å². The van der Waals surface area contributed by atoms with Crippen molar-refractivity contribution >= 4 is 16.6 Å². The van der Waals surface area contributed by atoms with Crippen LogP contribution in [0.25, 0.3) is 10.9 Å². The summed E-state index contributed by atoms with van der Waals surface area (Å²) in [5.41, 5.74) is 1.99. The number of alkyl halides is 1. The van der Waals surface area contributed by atoms with Crippen LogP contribution < -0.4 is 5.56 Å². The van der Waals surface area contributed by atoms with Gasteiger partial charge in [-0.15, -0.1) is 0 Å². The Morgan fingerprint density at radius 3 is 3.08 bits per heavy atom. The molecule has 2 aromatic rings. The summed E-state index contributed by atoms with van der Waals surface area (Å²) in [6, 6.07) is 5.36. The average molecular weight is 337 g/mol. The van der Waals surface area contributed by atoms with E-state index in [9.17, 15) is 9.18 Å². The van der Waals surface area contributed by atoms with Crippen molar-refractivity contribution in [3.63, 3.8) is 0 Å². The lowest BCUT2D eigenvalue weighted by atomic mass is 10.1. The maximum Gasteiger partial charge on any atom is 0.261 e. The molecule has 1 unspecified atom stereocenters. The normalized spacial score (nSPS) is 16.9. The first-order valence-electron chi connectivity index (χ1n) is 8.41. The molecule has 0 fully saturated rings. The maximum absolute atomic E-state index is 12.9. The molecule has 0 aliphatic carbocycles. The van der Waals surface area contributed by atoms with E-state index in [-0.39, 0.29) is 11.5 Å². The fourth-order valence-electron chi connectivity index (χ4n) is 2.91. The molecule has 0 amide bonds. The van der Waals surface area contributed by atoms with Gasteiger partial charge in [0.05, 0.1) is 17.6 Å². The van der Waals surface area contributed by atoms with Crippen molar-refractivity contribution < 1.29 is 4.39 Å². The first-order chi connectivity index (χ1) is 12.2. The summed E-state index contributed by atoms with van der Waals surface area (Å²) in [6.07, 6.45) is 5.33. The standard InChI is InChI=1S/C20H20FN3O/c1-3-4-5-16(22-2)8-6-14-7-9-17-18(10-14)23-19-11-15(12-21)13-24(19)20(17)25/h4-5,7,9-10,15H,3,11-13H2,1-2H3/b5-4-,22-16?. The molecule has 25 heavy (non-hydrogen) atoms. The Balaban J connectivity index is 1.98. The van der Waals surface area contributed by atoms with Gasteiger partial charge in [0.1, 0.15) is 11.5 Å². The third kappa shape index (κ3) is 3.53. The van der Waals surface area contributed by atoms with E-state index >= 15 is 0 Å². The van der Waals surface area contributed by atoms with E-state index in [2.05, 4.69) is 28.7 Å². The Labute approximate surface area is 146 Å². The highest BCUT2D eigenvalue weighted by Gasteiger charge is 2.24. The van der Waals surface area contributed by atoms with Crippen molar-refractivity contribution in [1.29, 1.82) is 0 Å². The summed E-state index contributed by atoms with van der Waals surface area (Å²) >= 11 is 0. The van der Waals surface area contributed by atoms with Gasteiger partial charge in [-0.2, -0.15) is 0 Å². The third-order valence-electron chi connectivity index (χ3n) is 4.25. The van der Waals surface area contributed by atoms with Gasteiger partial charge >= 0.3 is 0 Å². The summed E-state index contributed by atoms with van der Waals surface area (Å²) in [5.74, 6) is 6.59. The predicted molar refractivity (Wildman–Crippen MR) is 98.8 cm³/mol.